The number of amides is 1. The van der Waals surface area contributed by atoms with Gasteiger partial charge in [-0.3, -0.25) is 14.2 Å². The summed E-state index contributed by atoms with van der Waals surface area (Å²) < 4.78 is 3.77. The van der Waals surface area contributed by atoms with Gasteiger partial charge in [-0.2, -0.15) is 10.2 Å². The van der Waals surface area contributed by atoms with E-state index in [1.54, 1.807) is 17.1 Å². The van der Waals surface area contributed by atoms with Crippen molar-refractivity contribution >= 4 is 5.91 Å². The van der Waals surface area contributed by atoms with Crippen molar-refractivity contribution < 1.29 is 4.79 Å². The first-order valence-corrected chi connectivity index (χ1v) is 8.39. The molecule has 1 aromatic carbocycles. The Morgan fingerprint density at radius 2 is 2.16 bits per heavy atom. The molecule has 2 aromatic heterocycles. The Kier molecular flexibility index (Phi) is 4.30. The highest BCUT2D eigenvalue weighted by Gasteiger charge is 2.13. The fourth-order valence-corrected chi connectivity index (χ4v) is 2.95. The number of nitrogens with one attached hydrogen (secondary N) is 2. The topological polar surface area (TPSA) is 76.8 Å². The first-order chi connectivity index (χ1) is 12.3. The van der Waals surface area contributed by atoms with E-state index in [1.165, 1.54) is 0 Å². The summed E-state index contributed by atoms with van der Waals surface area (Å²) in [7, 11) is 0. The van der Waals surface area contributed by atoms with Crippen molar-refractivity contribution in [1.82, 2.24) is 30.2 Å². The molecule has 7 nitrogen and oxygen atoms in total. The molecule has 1 amide bonds. The molecule has 0 saturated carbocycles. The summed E-state index contributed by atoms with van der Waals surface area (Å²) in [5.41, 5.74) is 3.74. The zero-order valence-electron chi connectivity index (χ0n) is 13.9. The molecule has 1 aliphatic rings. The monoisotopic (exact) mass is 336 g/mol. The maximum Gasteiger partial charge on any atom is 0.254 e. The van der Waals surface area contributed by atoms with E-state index < -0.39 is 0 Å². The van der Waals surface area contributed by atoms with Crippen molar-refractivity contribution in [2.45, 2.75) is 26.2 Å². The minimum Gasteiger partial charge on any atom is -0.346 e. The number of nitrogens with zero attached hydrogens (tertiary/aromatic N) is 4. The number of hydrogen-bond acceptors (Lipinski definition) is 4. The van der Waals surface area contributed by atoms with Gasteiger partial charge >= 0.3 is 0 Å². The fourth-order valence-electron chi connectivity index (χ4n) is 2.95. The van der Waals surface area contributed by atoms with Crippen molar-refractivity contribution in [1.29, 1.82) is 0 Å². The zero-order valence-corrected chi connectivity index (χ0v) is 13.9. The molecule has 0 bridgehead atoms. The Morgan fingerprint density at radius 1 is 1.28 bits per heavy atom. The van der Waals surface area contributed by atoms with Gasteiger partial charge < -0.3 is 10.6 Å². The Labute approximate surface area is 145 Å². The summed E-state index contributed by atoms with van der Waals surface area (Å²) >= 11 is 0. The van der Waals surface area contributed by atoms with Gasteiger partial charge in [0.15, 0.2) is 0 Å². The lowest BCUT2D eigenvalue weighted by Gasteiger charge is -2.13. The Hall–Kier alpha value is -2.93. The maximum atomic E-state index is 12.3. The van der Waals surface area contributed by atoms with E-state index in [-0.39, 0.29) is 5.91 Å². The third kappa shape index (κ3) is 3.61. The van der Waals surface area contributed by atoms with Gasteiger partial charge in [0.1, 0.15) is 0 Å². The molecule has 0 radical (unpaired) electrons. The van der Waals surface area contributed by atoms with Crippen LogP contribution in [0.15, 0.2) is 48.8 Å². The van der Waals surface area contributed by atoms with Gasteiger partial charge in [0, 0.05) is 19.3 Å². The normalized spacial score (nSPS) is 13.4. The number of carbonyl (C=O) groups excluding carboxylic acids is 1. The second-order valence-corrected chi connectivity index (χ2v) is 6.12. The van der Waals surface area contributed by atoms with Gasteiger partial charge in [-0.1, -0.05) is 30.3 Å². The van der Waals surface area contributed by atoms with Gasteiger partial charge in [-0.15, -0.1) is 0 Å². The van der Waals surface area contributed by atoms with Crippen LogP contribution in [0.2, 0.25) is 0 Å². The van der Waals surface area contributed by atoms with E-state index in [1.807, 2.05) is 41.1 Å². The van der Waals surface area contributed by atoms with Crippen LogP contribution in [0.3, 0.4) is 0 Å². The zero-order chi connectivity index (χ0) is 17.1. The van der Waals surface area contributed by atoms with Crippen LogP contribution in [0.1, 0.15) is 27.3 Å². The summed E-state index contributed by atoms with van der Waals surface area (Å²) in [6.07, 6.45) is 3.37. The van der Waals surface area contributed by atoms with Crippen LogP contribution >= 0.6 is 0 Å². The van der Waals surface area contributed by atoms with E-state index in [0.717, 1.165) is 36.6 Å². The van der Waals surface area contributed by atoms with Crippen LogP contribution in [-0.2, 0) is 26.2 Å². The fraction of sp³-hybridized carbons (Fsp3) is 0.278. The number of benzene rings is 1. The lowest BCUT2D eigenvalue weighted by molar-refractivity contribution is 0.0950. The number of carbonyl (C=O) groups is 1. The summed E-state index contributed by atoms with van der Waals surface area (Å²) in [5.74, 6) is -0.136. The standard InChI is InChI=1S/C18H20N6O/c25-18(20-10-16-8-17-11-19-6-7-24(17)22-16)15-9-21-23(13-15)12-14-4-2-1-3-5-14/h1-5,8-9,13,19H,6-7,10-12H2,(H,20,25). The summed E-state index contributed by atoms with van der Waals surface area (Å²) in [5, 5.41) is 15.0. The van der Waals surface area contributed by atoms with Crippen molar-refractivity contribution in [3.8, 4) is 0 Å². The highest BCUT2D eigenvalue weighted by Crippen LogP contribution is 2.08. The first-order valence-electron chi connectivity index (χ1n) is 8.39. The maximum absolute atomic E-state index is 12.3. The Morgan fingerprint density at radius 3 is 3.00 bits per heavy atom. The van der Waals surface area contributed by atoms with E-state index in [9.17, 15) is 4.79 Å². The molecule has 2 N–H and O–H groups in total. The minimum absolute atomic E-state index is 0.136. The van der Waals surface area contributed by atoms with Crippen molar-refractivity contribution in [3.05, 3.63) is 71.3 Å². The minimum atomic E-state index is -0.136. The molecule has 0 aliphatic carbocycles. The molecular weight excluding hydrogens is 316 g/mol. The molecule has 4 rings (SSSR count). The number of fused-ring (bicyclic) bond motifs is 1. The van der Waals surface area contributed by atoms with E-state index >= 15 is 0 Å². The average molecular weight is 336 g/mol. The lowest BCUT2D eigenvalue weighted by atomic mass is 10.2. The molecular formula is C18H20N6O. The van der Waals surface area contributed by atoms with E-state index in [4.69, 9.17) is 0 Å². The molecule has 7 heteroatoms. The quantitative estimate of drug-likeness (QED) is 0.733. The SMILES string of the molecule is O=C(NCc1cc2n(n1)CCNC2)c1cnn(Cc2ccccc2)c1. The van der Waals surface area contributed by atoms with Crippen molar-refractivity contribution in [2.75, 3.05) is 6.54 Å². The second-order valence-electron chi connectivity index (χ2n) is 6.12. The van der Waals surface area contributed by atoms with Gasteiger partial charge in [-0.25, -0.2) is 0 Å². The Balaban J connectivity index is 1.36. The van der Waals surface area contributed by atoms with E-state index in [0.29, 0.717) is 18.7 Å². The molecule has 3 heterocycles. The van der Waals surface area contributed by atoms with Crippen LogP contribution < -0.4 is 10.6 Å². The van der Waals surface area contributed by atoms with Gasteiger partial charge in [0.2, 0.25) is 0 Å². The largest absolute Gasteiger partial charge is 0.346 e. The second kappa shape index (κ2) is 6.90. The highest BCUT2D eigenvalue weighted by atomic mass is 16.1. The molecule has 3 aromatic rings. The van der Waals surface area contributed by atoms with Crippen LogP contribution in [0, 0.1) is 0 Å². The summed E-state index contributed by atoms with van der Waals surface area (Å²) in [4.78, 5) is 12.3. The summed E-state index contributed by atoms with van der Waals surface area (Å²) in [6.45, 7) is 3.70. The lowest BCUT2D eigenvalue weighted by Crippen LogP contribution is -2.28. The molecule has 0 atom stereocenters. The smallest absolute Gasteiger partial charge is 0.254 e. The average Bonchev–Trinajstić information content (AvgIpc) is 3.27. The molecule has 0 spiro atoms. The number of aromatic nitrogens is 4. The molecule has 0 fully saturated rings. The van der Waals surface area contributed by atoms with Gasteiger partial charge in [-0.05, 0) is 11.6 Å². The van der Waals surface area contributed by atoms with Gasteiger partial charge in [0.05, 0.1) is 42.8 Å². The summed E-state index contributed by atoms with van der Waals surface area (Å²) in [6, 6.07) is 12.1. The molecule has 128 valence electrons. The molecule has 0 saturated heterocycles. The first kappa shape index (κ1) is 15.6. The van der Waals surface area contributed by atoms with Crippen molar-refractivity contribution in [3.63, 3.8) is 0 Å². The van der Waals surface area contributed by atoms with Crippen LogP contribution in [-0.4, -0.2) is 32.0 Å². The third-order valence-electron chi connectivity index (χ3n) is 4.23. The number of rotatable bonds is 5. The molecule has 0 unspecified atom stereocenters. The van der Waals surface area contributed by atoms with Crippen LogP contribution in [0.5, 0.6) is 0 Å². The highest BCUT2D eigenvalue weighted by molar-refractivity contribution is 5.93. The molecule has 25 heavy (non-hydrogen) atoms. The van der Waals surface area contributed by atoms with Crippen LogP contribution in [0.25, 0.3) is 0 Å². The number of hydrogen-bond donors (Lipinski definition) is 2. The predicted octanol–water partition coefficient (Wildman–Crippen LogP) is 1.16. The van der Waals surface area contributed by atoms with Crippen LogP contribution in [0.4, 0.5) is 0 Å². The molecule has 1 aliphatic heterocycles. The van der Waals surface area contributed by atoms with E-state index in [2.05, 4.69) is 20.8 Å². The van der Waals surface area contributed by atoms with Gasteiger partial charge in [0.25, 0.3) is 5.91 Å². The van der Waals surface area contributed by atoms with Crippen molar-refractivity contribution in [2.24, 2.45) is 0 Å². The Bertz CT molecular complexity index is 843. The predicted molar refractivity (Wildman–Crippen MR) is 92.9 cm³/mol. The third-order valence-corrected chi connectivity index (χ3v) is 4.23.